The van der Waals surface area contributed by atoms with Crippen molar-refractivity contribution in [1.29, 1.82) is 0 Å². The smallest absolute Gasteiger partial charge is 0.0194 e. The van der Waals surface area contributed by atoms with Crippen molar-refractivity contribution >= 4 is 11.8 Å². The van der Waals surface area contributed by atoms with Crippen LogP contribution >= 0.6 is 11.8 Å². The van der Waals surface area contributed by atoms with Gasteiger partial charge in [0, 0.05) is 17.3 Å². The minimum atomic E-state index is 0.591. The minimum absolute atomic E-state index is 0.591. The van der Waals surface area contributed by atoms with Crippen molar-refractivity contribution < 1.29 is 0 Å². The van der Waals surface area contributed by atoms with Crippen LogP contribution in [-0.4, -0.2) is 23.1 Å². The predicted octanol–water partition coefficient (Wildman–Crippen LogP) is 2.43. The van der Waals surface area contributed by atoms with Crippen molar-refractivity contribution in [2.45, 2.75) is 44.0 Å². The van der Waals surface area contributed by atoms with Crippen LogP contribution < -0.4 is 5.32 Å². The maximum Gasteiger partial charge on any atom is 0.0194 e. The van der Waals surface area contributed by atoms with E-state index in [0.29, 0.717) is 6.04 Å². The molecule has 1 rings (SSSR count). The Morgan fingerprint density at radius 2 is 2.50 bits per heavy atom. The average molecular weight is 185 g/mol. The fraction of sp³-hybridized carbons (Fsp3) is 0.800. The third kappa shape index (κ3) is 2.83. The molecule has 0 amide bonds. The van der Waals surface area contributed by atoms with Crippen molar-refractivity contribution in [1.82, 2.24) is 5.32 Å². The van der Waals surface area contributed by atoms with Crippen LogP contribution in [0.1, 0.15) is 26.7 Å². The van der Waals surface area contributed by atoms with Gasteiger partial charge in [0.25, 0.3) is 0 Å². The molecule has 0 aromatic carbocycles. The minimum Gasteiger partial charge on any atom is -0.310 e. The molecule has 1 fully saturated rings. The summed E-state index contributed by atoms with van der Waals surface area (Å²) in [6, 6.07) is 1.32. The second-order valence-electron chi connectivity index (χ2n) is 3.56. The Morgan fingerprint density at radius 3 is 3.00 bits per heavy atom. The monoisotopic (exact) mass is 185 g/mol. The zero-order chi connectivity index (χ0) is 8.97. The van der Waals surface area contributed by atoms with Gasteiger partial charge in [0.15, 0.2) is 0 Å². The van der Waals surface area contributed by atoms with Gasteiger partial charge in [-0.3, -0.25) is 0 Å². The summed E-state index contributed by atoms with van der Waals surface area (Å²) in [5.41, 5.74) is 0. The molecule has 0 saturated carbocycles. The first-order valence-electron chi connectivity index (χ1n) is 4.72. The lowest BCUT2D eigenvalue weighted by atomic mass is 10.1. The molecular weight excluding hydrogens is 166 g/mol. The van der Waals surface area contributed by atoms with Gasteiger partial charge in [0.05, 0.1) is 0 Å². The van der Waals surface area contributed by atoms with Crippen LogP contribution in [0.2, 0.25) is 0 Å². The summed E-state index contributed by atoms with van der Waals surface area (Å²) in [6.07, 6.45) is 4.39. The Morgan fingerprint density at radius 1 is 1.75 bits per heavy atom. The molecule has 0 radical (unpaired) electrons. The summed E-state index contributed by atoms with van der Waals surface area (Å²) in [4.78, 5) is 0. The number of rotatable bonds is 4. The fourth-order valence-electron chi connectivity index (χ4n) is 1.63. The Balaban J connectivity index is 2.24. The lowest BCUT2D eigenvalue weighted by molar-refractivity contribution is 0.446. The zero-order valence-electron chi connectivity index (χ0n) is 8.05. The van der Waals surface area contributed by atoms with E-state index in [1.54, 1.807) is 0 Å². The van der Waals surface area contributed by atoms with Crippen LogP contribution in [0.15, 0.2) is 12.7 Å². The van der Waals surface area contributed by atoms with Crippen molar-refractivity contribution in [3.8, 4) is 0 Å². The van der Waals surface area contributed by atoms with Gasteiger partial charge in [0.1, 0.15) is 0 Å². The molecule has 1 saturated heterocycles. The quantitative estimate of drug-likeness (QED) is 0.675. The summed E-state index contributed by atoms with van der Waals surface area (Å²) >= 11 is 2.08. The molecular formula is C10H19NS. The van der Waals surface area contributed by atoms with E-state index in [1.165, 1.54) is 12.2 Å². The molecule has 0 bridgehead atoms. The summed E-state index contributed by atoms with van der Waals surface area (Å²) < 4.78 is 0. The van der Waals surface area contributed by atoms with Gasteiger partial charge in [-0.15, -0.1) is 6.58 Å². The first-order valence-corrected chi connectivity index (χ1v) is 5.77. The molecule has 12 heavy (non-hydrogen) atoms. The lowest BCUT2D eigenvalue weighted by Crippen LogP contribution is -2.39. The number of thioether (sulfide) groups is 1. The van der Waals surface area contributed by atoms with E-state index < -0.39 is 0 Å². The standard InChI is InChI=1S/C10H19NS/c1-4-5-8(2)11-10-6-7-12-9(10)3/h4,8-11H,1,5-7H2,2-3H3. The molecule has 0 aromatic rings. The molecule has 70 valence electrons. The molecule has 1 heterocycles. The topological polar surface area (TPSA) is 12.0 Å². The van der Waals surface area contributed by atoms with Crippen LogP contribution in [0.5, 0.6) is 0 Å². The van der Waals surface area contributed by atoms with Gasteiger partial charge in [-0.1, -0.05) is 13.0 Å². The fourth-order valence-corrected chi connectivity index (χ4v) is 2.84. The van der Waals surface area contributed by atoms with Gasteiger partial charge in [-0.05, 0) is 25.5 Å². The van der Waals surface area contributed by atoms with Gasteiger partial charge in [-0.2, -0.15) is 11.8 Å². The molecule has 2 heteroatoms. The number of hydrogen-bond acceptors (Lipinski definition) is 2. The molecule has 1 N–H and O–H groups in total. The van der Waals surface area contributed by atoms with Gasteiger partial charge >= 0.3 is 0 Å². The second-order valence-corrected chi connectivity index (χ2v) is 5.05. The molecule has 3 unspecified atom stereocenters. The second kappa shape index (κ2) is 4.93. The number of hydrogen-bond donors (Lipinski definition) is 1. The van der Waals surface area contributed by atoms with Crippen molar-refractivity contribution in [3.05, 3.63) is 12.7 Å². The third-order valence-electron chi connectivity index (χ3n) is 2.40. The highest BCUT2D eigenvalue weighted by atomic mass is 32.2. The van der Waals surface area contributed by atoms with Crippen LogP contribution in [0, 0.1) is 0 Å². The predicted molar refractivity (Wildman–Crippen MR) is 57.7 cm³/mol. The number of nitrogens with one attached hydrogen (secondary N) is 1. The van der Waals surface area contributed by atoms with E-state index in [2.05, 4.69) is 37.5 Å². The van der Waals surface area contributed by atoms with Crippen molar-refractivity contribution in [2.24, 2.45) is 0 Å². The Labute approximate surface area is 80.0 Å². The highest BCUT2D eigenvalue weighted by Gasteiger charge is 2.24. The summed E-state index contributed by atoms with van der Waals surface area (Å²) in [5.74, 6) is 1.32. The third-order valence-corrected chi connectivity index (χ3v) is 3.72. The average Bonchev–Trinajstić information content (AvgIpc) is 2.37. The van der Waals surface area contributed by atoms with Gasteiger partial charge < -0.3 is 5.32 Å². The van der Waals surface area contributed by atoms with E-state index >= 15 is 0 Å². The van der Waals surface area contributed by atoms with E-state index in [4.69, 9.17) is 0 Å². The zero-order valence-corrected chi connectivity index (χ0v) is 8.86. The van der Waals surface area contributed by atoms with Crippen molar-refractivity contribution in [2.75, 3.05) is 5.75 Å². The van der Waals surface area contributed by atoms with E-state index in [0.717, 1.165) is 17.7 Å². The van der Waals surface area contributed by atoms with E-state index in [9.17, 15) is 0 Å². The van der Waals surface area contributed by atoms with E-state index in [-0.39, 0.29) is 0 Å². The van der Waals surface area contributed by atoms with Crippen LogP contribution in [-0.2, 0) is 0 Å². The largest absolute Gasteiger partial charge is 0.310 e. The molecule has 0 aromatic heterocycles. The van der Waals surface area contributed by atoms with Crippen molar-refractivity contribution in [3.63, 3.8) is 0 Å². The van der Waals surface area contributed by atoms with E-state index in [1.807, 2.05) is 6.08 Å². The first kappa shape index (κ1) is 10.1. The maximum atomic E-state index is 3.75. The van der Waals surface area contributed by atoms with Crippen LogP contribution in [0.25, 0.3) is 0 Å². The normalized spacial score (nSPS) is 31.8. The molecule has 0 spiro atoms. The maximum absolute atomic E-state index is 3.75. The summed E-state index contributed by atoms with van der Waals surface area (Å²) in [7, 11) is 0. The molecule has 0 aliphatic carbocycles. The Hall–Kier alpha value is 0.0500. The highest BCUT2D eigenvalue weighted by Crippen LogP contribution is 2.26. The molecule has 1 aliphatic heterocycles. The summed E-state index contributed by atoms with van der Waals surface area (Å²) in [5, 5.41) is 4.43. The lowest BCUT2D eigenvalue weighted by Gasteiger charge is -2.21. The van der Waals surface area contributed by atoms with Gasteiger partial charge in [-0.25, -0.2) is 0 Å². The molecule has 1 nitrogen and oxygen atoms in total. The highest BCUT2D eigenvalue weighted by molar-refractivity contribution is 8.00. The SMILES string of the molecule is C=CCC(C)NC1CCSC1C. The first-order chi connectivity index (χ1) is 5.74. The van der Waals surface area contributed by atoms with Crippen LogP contribution in [0.3, 0.4) is 0 Å². The molecule has 1 aliphatic rings. The van der Waals surface area contributed by atoms with Gasteiger partial charge in [0.2, 0.25) is 0 Å². The Kier molecular flexibility index (Phi) is 4.16. The Bertz CT molecular complexity index is 147. The van der Waals surface area contributed by atoms with Crippen LogP contribution in [0.4, 0.5) is 0 Å². The molecule has 3 atom stereocenters. The summed E-state index contributed by atoms with van der Waals surface area (Å²) in [6.45, 7) is 8.30.